The second kappa shape index (κ2) is 5.14. The quantitative estimate of drug-likeness (QED) is 0.760. The molecule has 0 N–H and O–H groups in total. The predicted molar refractivity (Wildman–Crippen MR) is 55.6 cm³/mol. The largest absolute Gasteiger partial charge is 0.403 e. The van der Waals surface area contributed by atoms with E-state index in [9.17, 15) is 13.2 Å². The van der Waals surface area contributed by atoms with Crippen LogP contribution in [0.5, 0.6) is 0 Å². The zero-order valence-corrected chi connectivity index (χ0v) is 9.29. The average Bonchev–Trinajstić information content (AvgIpc) is 2.14. The summed E-state index contributed by atoms with van der Waals surface area (Å²) in [5, 5.41) is 0. The van der Waals surface area contributed by atoms with Crippen molar-refractivity contribution >= 4 is 26.0 Å². The maximum absolute atomic E-state index is 10.9. The second-order valence-corrected chi connectivity index (χ2v) is 4.92. The molecule has 0 amide bonds. The monoisotopic (exact) mass is 248 g/mol. The van der Waals surface area contributed by atoms with Crippen molar-refractivity contribution < 1.29 is 17.4 Å². The summed E-state index contributed by atoms with van der Waals surface area (Å²) in [4.78, 5) is 10.9. The minimum absolute atomic E-state index is 0.0179. The number of hydrogen-bond donors (Lipinski definition) is 0. The van der Waals surface area contributed by atoms with Crippen molar-refractivity contribution in [3.63, 3.8) is 0 Å². The van der Waals surface area contributed by atoms with Crippen molar-refractivity contribution in [1.82, 2.24) is 0 Å². The molecule has 82 valence electrons. The fraction of sp³-hybridized carbons (Fsp3) is 0.222. The summed E-state index contributed by atoms with van der Waals surface area (Å²) in [7, 11) is 0.534. The standard InChI is InChI=1S/C9H9ClO4S/c10-15(12,13)14-9(11)7-6-8-4-2-1-3-5-8/h1-5H,6-7H2. The van der Waals surface area contributed by atoms with Crippen molar-refractivity contribution in [1.29, 1.82) is 0 Å². The number of carbonyl (C=O) groups is 1. The summed E-state index contributed by atoms with van der Waals surface area (Å²) < 4.78 is 24.7. The lowest BCUT2D eigenvalue weighted by molar-refractivity contribution is -0.133. The van der Waals surface area contributed by atoms with Gasteiger partial charge in [0.25, 0.3) is 0 Å². The van der Waals surface area contributed by atoms with Gasteiger partial charge in [-0.05, 0) is 12.0 Å². The number of aryl methyl sites for hydroxylation is 1. The molecule has 0 bridgehead atoms. The maximum Gasteiger partial charge on any atom is 0.403 e. The van der Waals surface area contributed by atoms with Crippen molar-refractivity contribution in [2.45, 2.75) is 12.8 Å². The molecule has 0 unspecified atom stereocenters. The van der Waals surface area contributed by atoms with Crippen LogP contribution in [0.2, 0.25) is 0 Å². The van der Waals surface area contributed by atoms with Crippen LogP contribution in [0, 0.1) is 0 Å². The summed E-state index contributed by atoms with van der Waals surface area (Å²) in [5.74, 6) is -0.853. The molecule has 15 heavy (non-hydrogen) atoms. The molecule has 6 heteroatoms. The highest BCUT2D eigenvalue weighted by Crippen LogP contribution is 2.06. The molecule has 0 aliphatic rings. The lowest BCUT2D eigenvalue weighted by Crippen LogP contribution is -2.08. The smallest absolute Gasteiger partial charge is 0.334 e. The van der Waals surface area contributed by atoms with Crippen molar-refractivity contribution in [3.05, 3.63) is 35.9 Å². The van der Waals surface area contributed by atoms with E-state index in [0.717, 1.165) is 5.56 Å². The van der Waals surface area contributed by atoms with Gasteiger partial charge in [-0.25, -0.2) is 0 Å². The van der Waals surface area contributed by atoms with Gasteiger partial charge in [0.2, 0.25) is 0 Å². The summed E-state index contributed by atoms with van der Waals surface area (Å²) >= 11 is 0. The molecule has 0 heterocycles. The van der Waals surface area contributed by atoms with Crippen molar-refractivity contribution in [3.8, 4) is 0 Å². The Morgan fingerprint density at radius 3 is 2.40 bits per heavy atom. The van der Waals surface area contributed by atoms with Crippen LogP contribution >= 0.6 is 10.7 Å². The zero-order chi connectivity index (χ0) is 11.3. The minimum atomic E-state index is -4.21. The van der Waals surface area contributed by atoms with Gasteiger partial charge in [0.15, 0.2) is 0 Å². The average molecular weight is 249 g/mol. The van der Waals surface area contributed by atoms with Crippen LogP contribution in [0.25, 0.3) is 0 Å². The third kappa shape index (κ3) is 5.39. The van der Waals surface area contributed by atoms with Crippen LogP contribution in [0.1, 0.15) is 12.0 Å². The molecule has 1 aromatic rings. The molecule has 0 spiro atoms. The van der Waals surface area contributed by atoms with Gasteiger partial charge in [0.05, 0.1) is 17.1 Å². The summed E-state index contributed by atoms with van der Waals surface area (Å²) in [6.07, 6.45) is 0.405. The molecular formula is C9H9ClO4S. The molecule has 0 aliphatic carbocycles. The fourth-order valence-corrected chi connectivity index (χ4v) is 1.56. The molecular weight excluding hydrogens is 240 g/mol. The van der Waals surface area contributed by atoms with Crippen LogP contribution in [-0.4, -0.2) is 14.4 Å². The maximum atomic E-state index is 10.9. The highest BCUT2D eigenvalue weighted by atomic mass is 35.7. The summed E-state index contributed by atoms with van der Waals surface area (Å²) in [5.41, 5.74) is 0.932. The first-order valence-electron chi connectivity index (χ1n) is 4.18. The van der Waals surface area contributed by atoms with Gasteiger partial charge in [0, 0.05) is 0 Å². The number of hydrogen-bond acceptors (Lipinski definition) is 4. The minimum Gasteiger partial charge on any atom is -0.334 e. The third-order valence-corrected chi connectivity index (χ3v) is 2.23. The number of carbonyl (C=O) groups excluding carboxylic acids is 1. The number of benzene rings is 1. The molecule has 1 aromatic carbocycles. The van der Waals surface area contributed by atoms with Crippen LogP contribution in [0.3, 0.4) is 0 Å². The SMILES string of the molecule is O=C(CCc1ccccc1)OS(=O)(=O)Cl. The van der Waals surface area contributed by atoms with Crippen LogP contribution in [-0.2, 0) is 24.7 Å². The van der Waals surface area contributed by atoms with E-state index in [2.05, 4.69) is 4.18 Å². The van der Waals surface area contributed by atoms with Gasteiger partial charge in [-0.3, -0.25) is 4.79 Å². The topological polar surface area (TPSA) is 60.4 Å². The molecule has 0 aliphatic heterocycles. The van der Waals surface area contributed by atoms with Crippen LogP contribution < -0.4 is 0 Å². The molecule has 0 radical (unpaired) electrons. The van der Waals surface area contributed by atoms with Gasteiger partial charge in [0.1, 0.15) is 0 Å². The van der Waals surface area contributed by atoms with Gasteiger partial charge < -0.3 is 4.18 Å². The Bertz CT molecular complexity index is 427. The van der Waals surface area contributed by atoms with Gasteiger partial charge in [-0.1, -0.05) is 30.3 Å². The number of halogens is 1. The first-order chi connectivity index (χ1) is 6.97. The molecule has 0 saturated carbocycles. The van der Waals surface area contributed by atoms with E-state index in [-0.39, 0.29) is 6.42 Å². The highest BCUT2D eigenvalue weighted by Gasteiger charge is 2.12. The van der Waals surface area contributed by atoms with Gasteiger partial charge in [-0.2, -0.15) is 8.42 Å². The van der Waals surface area contributed by atoms with E-state index in [0.29, 0.717) is 6.42 Å². The Kier molecular flexibility index (Phi) is 4.11. The molecule has 0 fully saturated rings. The zero-order valence-electron chi connectivity index (χ0n) is 7.72. The molecule has 1 rings (SSSR count). The van der Waals surface area contributed by atoms with E-state index < -0.39 is 15.3 Å². The summed E-state index contributed by atoms with van der Waals surface area (Å²) in [6.45, 7) is 0. The highest BCUT2D eigenvalue weighted by molar-refractivity contribution is 8.10. The van der Waals surface area contributed by atoms with E-state index in [1.54, 1.807) is 0 Å². The molecule has 0 saturated heterocycles. The molecule has 0 aromatic heterocycles. The summed E-state index contributed by atoms with van der Waals surface area (Å²) in [6, 6.07) is 9.19. The van der Waals surface area contributed by atoms with E-state index >= 15 is 0 Å². The van der Waals surface area contributed by atoms with Crippen molar-refractivity contribution in [2.75, 3.05) is 0 Å². The Hall–Kier alpha value is -1.07. The lowest BCUT2D eigenvalue weighted by Gasteiger charge is -2.00. The van der Waals surface area contributed by atoms with Crippen LogP contribution in [0.4, 0.5) is 0 Å². The van der Waals surface area contributed by atoms with Gasteiger partial charge >= 0.3 is 15.3 Å². The first-order valence-corrected chi connectivity index (χ1v) is 6.41. The van der Waals surface area contributed by atoms with Crippen LogP contribution in [0.15, 0.2) is 30.3 Å². The lowest BCUT2D eigenvalue weighted by atomic mass is 10.1. The Morgan fingerprint density at radius 1 is 1.27 bits per heavy atom. The molecule has 4 nitrogen and oxygen atoms in total. The number of rotatable bonds is 4. The van der Waals surface area contributed by atoms with Gasteiger partial charge in [-0.15, -0.1) is 0 Å². The fourth-order valence-electron chi connectivity index (χ4n) is 1.04. The van der Waals surface area contributed by atoms with E-state index in [4.69, 9.17) is 10.7 Å². The second-order valence-electron chi connectivity index (χ2n) is 2.83. The molecule has 0 atom stereocenters. The predicted octanol–water partition coefficient (Wildman–Crippen LogP) is 1.65. The Balaban J connectivity index is 2.42. The van der Waals surface area contributed by atoms with Crippen molar-refractivity contribution in [2.24, 2.45) is 0 Å². The van der Waals surface area contributed by atoms with E-state index in [1.807, 2.05) is 30.3 Å². The third-order valence-electron chi connectivity index (χ3n) is 1.65. The Morgan fingerprint density at radius 2 is 1.87 bits per heavy atom. The first kappa shape index (κ1) is 12.0. The van der Waals surface area contributed by atoms with E-state index in [1.165, 1.54) is 0 Å². The normalized spacial score (nSPS) is 11.0. The Labute approximate surface area is 92.4 Å².